The number of carbonyl (C=O) groups excluding carboxylic acids is 1. The SMILES string of the molecule is CC1CN(c2ncc(C=O)s2)CCS1. The van der Waals surface area contributed by atoms with Gasteiger partial charge in [-0.05, 0) is 0 Å². The van der Waals surface area contributed by atoms with Crippen molar-refractivity contribution in [3.8, 4) is 0 Å². The summed E-state index contributed by atoms with van der Waals surface area (Å²) in [6, 6.07) is 0. The molecule has 2 heterocycles. The maximum Gasteiger partial charge on any atom is 0.185 e. The first-order valence-corrected chi connectivity index (χ1v) is 6.43. The summed E-state index contributed by atoms with van der Waals surface area (Å²) < 4.78 is 0. The third-order valence-electron chi connectivity index (χ3n) is 2.14. The zero-order valence-corrected chi connectivity index (χ0v) is 9.61. The van der Waals surface area contributed by atoms with Crippen LogP contribution in [0.2, 0.25) is 0 Å². The highest BCUT2D eigenvalue weighted by Gasteiger charge is 2.19. The molecule has 76 valence electrons. The van der Waals surface area contributed by atoms with Crippen molar-refractivity contribution in [1.82, 2.24) is 4.98 Å². The number of rotatable bonds is 2. The van der Waals surface area contributed by atoms with Gasteiger partial charge in [0.2, 0.25) is 0 Å². The summed E-state index contributed by atoms with van der Waals surface area (Å²) in [5, 5.41) is 1.64. The van der Waals surface area contributed by atoms with E-state index in [-0.39, 0.29) is 0 Å². The van der Waals surface area contributed by atoms with Gasteiger partial charge >= 0.3 is 0 Å². The molecule has 1 unspecified atom stereocenters. The van der Waals surface area contributed by atoms with Crippen molar-refractivity contribution in [3.63, 3.8) is 0 Å². The van der Waals surface area contributed by atoms with E-state index in [1.54, 1.807) is 6.20 Å². The predicted octanol–water partition coefficient (Wildman–Crippen LogP) is 1.90. The number of hydrogen-bond acceptors (Lipinski definition) is 5. The molecule has 0 bridgehead atoms. The second-order valence-corrected chi connectivity index (χ2v) is 5.88. The second-order valence-electron chi connectivity index (χ2n) is 3.29. The van der Waals surface area contributed by atoms with E-state index in [1.165, 1.54) is 11.3 Å². The molecule has 1 aliphatic heterocycles. The van der Waals surface area contributed by atoms with Gasteiger partial charge in [-0.15, -0.1) is 0 Å². The van der Waals surface area contributed by atoms with Crippen molar-refractivity contribution >= 4 is 34.5 Å². The Morgan fingerprint density at radius 1 is 1.71 bits per heavy atom. The van der Waals surface area contributed by atoms with Gasteiger partial charge in [0.1, 0.15) is 0 Å². The Morgan fingerprint density at radius 2 is 2.57 bits per heavy atom. The van der Waals surface area contributed by atoms with Crippen molar-refractivity contribution in [2.45, 2.75) is 12.2 Å². The van der Waals surface area contributed by atoms with E-state index in [4.69, 9.17) is 0 Å². The molecule has 0 N–H and O–H groups in total. The van der Waals surface area contributed by atoms with Crippen LogP contribution in [0, 0.1) is 0 Å². The highest BCUT2D eigenvalue weighted by molar-refractivity contribution is 8.00. The van der Waals surface area contributed by atoms with E-state index in [0.29, 0.717) is 10.1 Å². The first kappa shape index (κ1) is 9.98. The zero-order valence-electron chi connectivity index (χ0n) is 7.97. The summed E-state index contributed by atoms with van der Waals surface area (Å²) in [5.74, 6) is 1.15. The Hall–Kier alpha value is -0.550. The Labute approximate surface area is 91.5 Å². The fourth-order valence-corrected chi connectivity index (χ4v) is 3.25. The van der Waals surface area contributed by atoms with Crippen molar-refractivity contribution < 1.29 is 4.79 Å². The Kier molecular flexibility index (Phi) is 3.08. The lowest BCUT2D eigenvalue weighted by Gasteiger charge is -2.30. The molecule has 1 saturated heterocycles. The predicted molar refractivity (Wildman–Crippen MR) is 61.6 cm³/mol. The second kappa shape index (κ2) is 4.31. The first-order chi connectivity index (χ1) is 6.79. The molecule has 0 saturated carbocycles. The van der Waals surface area contributed by atoms with Gasteiger partial charge < -0.3 is 4.90 Å². The molecule has 0 radical (unpaired) electrons. The van der Waals surface area contributed by atoms with Gasteiger partial charge in [0.15, 0.2) is 11.4 Å². The Morgan fingerprint density at radius 3 is 3.21 bits per heavy atom. The largest absolute Gasteiger partial charge is 0.346 e. The van der Waals surface area contributed by atoms with Crippen molar-refractivity contribution in [2.75, 3.05) is 23.7 Å². The zero-order chi connectivity index (χ0) is 9.97. The van der Waals surface area contributed by atoms with Gasteiger partial charge in [0.25, 0.3) is 0 Å². The van der Waals surface area contributed by atoms with Gasteiger partial charge in [-0.3, -0.25) is 4.79 Å². The number of thioether (sulfide) groups is 1. The van der Waals surface area contributed by atoms with Crippen LogP contribution in [0.25, 0.3) is 0 Å². The van der Waals surface area contributed by atoms with Crippen molar-refractivity contribution in [2.24, 2.45) is 0 Å². The number of hydrogen-bond donors (Lipinski definition) is 0. The molecular formula is C9H12N2OS2. The monoisotopic (exact) mass is 228 g/mol. The maximum atomic E-state index is 10.5. The van der Waals surface area contributed by atoms with E-state index in [1.807, 2.05) is 11.8 Å². The summed E-state index contributed by atoms with van der Waals surface area (Å²) in [6.07, 6.45) is 2.52. The molecule has 1 atom stereocenters. The summed E-state index contributed by atoms with van der Waals surface area (Å²) in [7, 11) is 0. The summed E-state index contributed by atoms with van der Waals surface area (Å²) in [5.41, 5.74) is 0. The maximum absolute atomic E-state index is 10.5. The van der Waals surface area contributed by atoms with Gasteiger partial charge in [0, 0.05) is 24.1 Å². The molecule has 5 heteroatoms. The molecule has 0 spiro atoms. The van der Waals surface area contributed by atoms with Crippen molar-refractivity contribution in [3.05, 3.63) is 11.1 Å². The fourth-order valence-electron chi connectivity index (χ4n) is 1.47. The number of carbonyl (C=O) groups is 1. The molecule has 0 amide bonds. The van der Waals surface area contributed by atoms with Crippen LogP contribution < -0.4 is 4.90 Å². The van der Waals surface area contributed by atoms with Gasteiger partial charge in [-0.25, -0.2) is 4.98 Å². The molecule has 3 nitrogen and oxygen atoms in total. The third-order valence-corrected chi connectivity index (χ3v) is 4.26. The molecular weight excluding hydrogens is 216 g/mol. The van der Waals surface area contributed by atoms with E-state index >= 15 is 0 Å². The molecule has 0 aliphatic carbocycles. The van der Waals surface area contributed by atoms with Gasteiger partial charge in [0.05, 0.1) is 11.1 Å². The minimum absolute atomic E-state index is 0.660. The lowest BCUT2D eigenvalue weighted by atomic mass is 10.4. The average molecular weight is 228 g/mol. The topological polar surface area (TPSA) is 33.2 Å². The fraction of sp³-hybridized carbons (Fsp3) is 0.556. The Balaban J connectivity index is 2.09. The number of anilines is 1. The smallest absolute Gasteiger partial charge is 0.185 e. The molecule has 1 aromatic heterocycles. The molecule has 0 aromatic carbocycles. The number of thiazole rings is 1. The van der Waals surface area contributed by atoms with Crippen LogP contribution in [-0.4, -0.2) is 35.4 Å². The van der Waals surface area contributed by atoms with Crippen molar-refractivity contribution in [1.29, 1.82) is 0 Å². The lowest BCUT2D eigenvalue weighted by molar-refractivity contribution is 0.112. The van der Waals surface area contributed by atoms with Crippen LogP contribution in [0.5, 0.6) is 0 Å². The van der Waals surface area contributed by atoms with Gasteiger partial charge in [-0.1, -0.05) is 18.3 Å². The van der Waals surface area contributed by atoms with Crippen LogP contribution >= 0.6 is 23.1 Å². The third kappa shape index (κ3) is 2.09. The molecule has 1 aliphatic rings. The summed E-state index contributed by atoms with van der Waals surface area (Å²) in [6.45, 7) is 4.31. The van der Waals surface area contributed by atoms with Crippen LogP contribution in [0.4, 0.5) is 5.13 Å². The molecule has 14 heavy (non-hydrogen) atoms. The van der Waals surface area contributed by atoms with Crippen LogP contribution in [0.1, 0.15) is 16.6 Å². The normalized spacial score (nSPS) is 22.4. The number of nitrogens with zero attached hydrogens (tertiary/aromatic N) is 2. The minimum atomic E-state index is 0.660. The number of aldehydes is 1. The first-order valence-electron chi connectivity index (χ1n) is 4.57. The van der Waals surface area contributed by atoms with Crippen LogP contribution in [0.15, 0.2) is 6.20 Å². The van der Waals surface area contributed by atoms with E-state index in [0.717, 1.165) is 30.3 Å². The standard InChI is InChI=1S/C9H12N2OS2/c1-7-5-11(2-3-13-7)9-10-4-8(6-12)14-9/h4,6-7H,2-3,5H2,1H3. The summed E-state index contributed by atoms with van der Waals surface area (Å²) >= 11 is 3.47. The van der Waals surface area contributed by atoms with Gasteiger partial charge in [-0.2, -0.15) is 11.8 Å². The molecule has 1 aromatic rings. The molecule has 1 fully saturated rings. The van der Waals surface area contributed by atoms with Crippen LogP contribution in [0.3, 0.4) is 0 Å². The molecule has 2 rings (SSSR count). The highest BCUT2D eigenvalue weighted by atomic mass is 32.2. The van der Waals surface area contributed by atoms with Crippen LogP contribution in [-0.2, 0) is 0 Å². The Bertz CT molecular complexity index is 326. The number of aromatic nitrogens is 1. The van der Waals surface area contributed by atoms with E-state index < -0.39 is 0 Å². The van der Waals surface area contributed by atoms with E-state index in [9.17, 15) is 4.79 Å². The quantitative estimate of drug-likeness (QED) is 0.724. The lowest BCUT2D eigenvalue weighted by Crippen LogP contribution is -2.36. The highest BCUT2D eigenvalue weighted by Crippen LogP contribution is 2.26. The van der Waals surface area contributed by atoms with E-state index in [2.05, 4.69) is 16.8 Å². The minimum Gasteiger partial charge on any atom is -0.346 e. The summed E-state index contributed by atoms with van der Waals surface area (Å²) in [4.78, 5) is 17.7. The average Bonchev–Trinajstić information content (AvgIpc) is 2.66.